The van der Waals surface area contributed by atoms with E-state index < -0.39 is 0 Å². The fourth-order valence-electron chi connectivity index (χ4n) is 5.48. The van der Waals surface area contributed by atoms with Crippen LogP contribution in [0.2, 0.25) is 0 Å². The molecule has 0 spiro atoms. The van der Waals surface area contributed by atoms with E-state index in [1.807, 2.05) is 0 Å². The lowest BCUT2D eigenvalue weighted by Crippen LogP contribution is -2.27. The molecule has 186 valence electrons. The molecule has 0 amide bonds. The van der Waals surface area contributed by atoms with Gasteiger partial charge in [-0.25, -0.2) is 4.98 Å². The Morgan fingerprint density at radius 1 is 0.541 bits per heavy atom. The van der Waals surface area contributed by atoms with E-state index in [2.05, 4.69) is 155 Å². The Hall–Kier alpha value is -3.91. The highest BCUT2D eigenvalue weighted by Gasteiger charge is 2.34. The fourth-order valence-corrected chi connectivity index (χ4v) is 5.48. The Labute approximate surface area is 221 Å². The van der Waals surface area contributed by atoms with Gasteiger partial charge in [0.1, 0.15) is 5.82 Å². The maximum Gasteiger partial charge on any atom is 0.145 e. The lowest BCUT2D eigenvalue weighted by Gasteiger charge is -2.35. The molecule has 0 radical (unpaired) electrons. The smallest absolute Gasteiger partial charge is 0.145 e. The third-order valence-corrected chi connectivity index (χ3v) is 7.97. The van der Waals surface area contributed by atoms with Crippen molar-refractivity contribution in [3.8, 4) is 17.1 Å². The monoisotopic (exact) mass is 484 g/mol. The van der Waals surface area contributed by atoms with Gasteiger partial charge in [0, 0.05) is 22.1 Å². The highest BCUT2D eigenvalue weighted by molar-refractivity contribution is 5.67. The molecule has 0 unspecified atom stereocenters. The molecule has 0 aliphatic rings. The van der Waals surface area contributed by atoms with Gasteiger partial charge in [0.05, 0.1) is 11.4 Å². The molecule has 0 aliphatic heterocycles. The molecule has 2 nitrogen and oxygen atoms in total. The quantitative estimate of drug-likeness (QED) is 0.235. The van der Waals surface area contributed by atoms with Crippen LogP contribution in [-0.2, 0) is 10.8 Å². The first-order valence-corrected chi connectivity index (χ1v) is 13.1. The fraction of sp³-hybridized carbons (Fsp3) is 0.229. The van der Waals surface area contributed by atoms with Gasteiger partial charge in [-0.15, -0.1) is 0 Å². The van der Waals surface area contributed by atoms with Crippen LogP contribution >= 0.6 is 0 Å². The molecule has 0 saturated carbocycles. The zero-order chi connectivity index (χ0) is 26.2. The van der Waals surface area contributed by atoms with E-state index in [4.69, 9.17) is 4.98 Å². The van der Waals surface area contributed by atoms with Crippen molar-refractivity contribution in [3.63, 3.8) is 0 Å². The summed E-state index contributed by atoms with van der Waals surface area (Å²) in [6.45, 7) is 13.7. The van der Waals surface area contributed by atoms with Crippen molar-refractivity contribution in [2.75, 3.05) is 0 Å². The largest absolute Gasteiger partial charge is 0.296 e. The van der Waals surface area contributed by atoms with E-state index in [9.17, 15) is 0 Å². The molecule has 5 aromatic rings. The Morgan fingerprint density at radius 3 is 1.43 bits per heavy atom. The van der Waals surface area contributed by atoms with E-state index in [0.29, 0.717) is 0 Å². The summed E-state index contributed by atoms with van der Waals surface area (Å²) in [5, 5.41) is 0. The van der Waals surface area contributed by atoms with Crippen LogP contribution in [-0.4, -0.2) is 9.55 Å². The molecule has 5 rings (SSSR count). The lowest BCUT2D eigenvalue weighted by molar-refractivity contribution is 0.608. The van der Waals surface area contributed by atoms with Crippen molar-refractivity contribution < 1.29 is 0 Å². The second-order valence-corrected chi connectivity index (χ2v) is 11.0. The van der Waals surface area contributed by atoms with Gasteiger partial charge in [-0.3, -0.25) is 4.57 Å². The van der Waals surface area contributed by atoms with E-state index in [0.717, 1.165) is 17.1 Å². The first-order valence-electron chi connectivity index (χ1n) is 13.1. The van der Waals surface area contributed by atoms with Gasteiger partial charge < -0.3 is 0 Å². The van der Waals surface area contributed by atoms with Crippen molar-refractivity contribution in [3.05, 3.63) is 143 Å². The molecule has 2 heteroatoms. The minimum atomic E-state index is -0.224. The van der Waals surface area contributed by atoms with E-state index in [1.165, 1.54) is 33.6 Å². The lowest BCUT2D eigenvalue weighted by atomic mass is 9.71. The Bertz CT molecular complexity index is 1440. The van der Waals surface area contributed by atoms with Gasteiger partial charge in [0.25, 0.3) is 0 Å². The van der Waals surface area contributed by atoms with Crippen LogP contribution in [0.4, 0.5) is 0 Å². The van der Waals surface area contributed by atoms with Crippen LogP contribution in [0.5, 0.6) is 0 Å². The second kappa shape index (κ2) is 9.52. The predicted octanol–water partition coefficient (Wildman–Crippen LogP) is 8.81. The van der Waals surface area contributed by atoms with Crippen molar-refractivity contribution >= 4 is 0 Å². The maximum atomic E-state index is 5.11. The summed E-state index contributed by atoms with van der Waals surface area (Å²) in [7, 11) is 0. The van der Waals surface area contributed by atoms with Gasteiger partial charge in [0.15, 0.2) is 0 Å². The molecule has 1 heterocycles. The average molecular weight is 485 g/mol. The van der Waals surface area contributed by atoms with Crippen LogP contribution < -0.4 is 0 Å². The predicted molar refractivity (Wildman–Crippen MR) is 156 cm³/mol. The van der Waals surface area contributed by atoms with Crippen molar-refractivity contribution in [1.82, 2.24) is 9.55 Å². The molecular formula is C35H36N2. The molecule has 0 atom stereocenters. The number of hydrogen-bond acceptors (Lipinski definition) is 1. The first-order chi connectivity index (χ1) is 17.7. The van der Waals surface area contributed by atoms with E-state index >= 15 is 0 Å². The van der Waals surface area contributed by atoms with Crippen LogP contribution in [0.25, 0.3) is 17.1 Å². The summed E-state index contributed by atoms with van der Waals surface area (Å²) in [6, 6.07) is 39.1. The molecule has 0 saturated heterocycles. The van der Waals surface area contributed by atoms with Crippen LogP contribution in [0, 0.1) is 13.8 Å². The molecule has 0 N–H and O–H groups in total. The minimum absolute atomic E-state index is 0.224. The van der Waals surface area contributed by atoms with Gasteiger partial charge >= 0.3 is 0 Å². The number of para-hydroxylation sites is 1. The molecule has 4 aromatic carbocycles. The molecular weight excluding hydrogens is 448 g/mol. The highest BCUT2D eigenvalue weighted by atomic mass is 15.1. The number of hydrogen-bond donors (Lipinski definition) is 0. The van der Waals surface area contributed by atoms with Crippen LogP contribution in [0.1, 0.15) is 61.3 Å². The minimum Gasteiger partial charge on any atom is -0.296 e. The molecule has 1 aromatic heterocycles. The van der Waals surface area contributed by atoms with Crippen molar-refractivity contribution in [1.29, 1.82) is 0 Å². The molecule has 0 bridgehead atoms. The summed E-state index contributed by atoms with van der Waals surface area (Å²) in [5.74, 6) is 0.983. The average Bonchev–Trinajstić information content (AvgIpc) is 3.23. The van der Waals surface area contributed by atoms with Crippen molar-refractivity contribution in [2.24, 2.45) is 0 Å². The SMILES string of the molecule is Cc1nc(-c2ccccc2)n(-c2c(C(C)(C)c3ccccc3)cccc2C(C)(C)c2ccccc2)c1C. The van der Waals surface area contributed by atoms with Crippen LogP contribution in [0.3, 0.4) is 0 Å². The summed E-state index contributed by atoms with van der Waals surface area (Å²) < 4.78 is 2.41. The normalized spacial score (nSPS) is 12.1. The van der Waals surface area contributed by atoms with Gasteiger partial charge in [-0.2, -0.15) is 0 Å². The third-order valence-electron chi connectivity index (χ3n) is 7.97. The standard InChI is InChI=1S/C35H36N2/c1-25-26(2)37(33(36-25)27-17-10-7-11-18-27)32-30(34(3,4)28-19-12-8-13-20-28)23-16-24-31(32)35(5,6)29-21-14-9-15-22-29/h7-24H,1-6H3. The topological polar surface area (TPSA) is 17.8 Å². The van der Waals surface area contributed by atoms with Gasteiger partial charge in [-0.05, 0) is 36.1 Å². The zero-order valence-corrected chi connectivity index (χ0v) is 22.8. The van der Waals surface area contributed by atoms with Crippen molar-refractivity contribution in [2.45, 2.75) is 52.4 Å². The number of nitrogens with zero attached hydrogens (tertiary/aromatic N) is 2. The Kier molecular flexibility index (Phi) is 6.37. The number of rotatable bonds is 6. The molecule has 0 fully saturated rings. The summed E-state index contributed by atoms with van der Waals surface area (Å²) >= 11 is 0. The number of aryl methyl sites for hydroxylation is 1. The summed E-state index contributed by atoms with van der Waals surface area (Å²) in [6.07, 6.45) is 0. The zero-order valence-electron chi connectivity index (χ0n) is 22.8. The Morgan fingerprint density at radius 2 is 0.973 bits per heavy atom. The van der Waals surface area contributed by atoms with E-state index in [1.54, 1.807) is 0 Å². The summed E-state index contributed by atoms with van der Waals surface area (Å²) in [4.78, 5) is 5.11. The van der Waals surface area contributed by atoms with Crippen LogP contribution in [0.15, 0.2) is 109 Å². The second-order valence-electron chi connectivity index (χ2n) is 11.0. The number of benzene rings is 4. The first kappa shape index (κ1) is 24.8. The van der Waals surface area contributed by atoms with E-state index in [-0.39, 0.29) is 10.8 Å². The highest BCUT2D eigenvalue weighted by Crippen LogP contribution is 2.44. The number of aromatic nitrogens is 2. The molecule has 37 heavy (non-hydrogen) atoms. The Balaban J connectivity index is 1.89. The van der Waals surface area contributed by atoms with Gasteiger partial charge in [0.2, 0.25) is 0 Å². The van der Waals surface area contributed by atoms with Gasteiger partial charge in [-0.1, -0.05) is 137 Å². The number of imidazole rings is 1. The third kappa shape index (κ3) is 4.31. The molecule has 0 aliphatic carbocycles. The maximum absolute atomic E-state index is 5.11. The summed E-state index contributed by atoms with van der Waals surface area (Å²) in [5.41, 5.74) is 9.28.